The van der Waals surface area contributed by atoms with Crippen molar-refractivity contribution in [2.45, 2.75) is 17.1 Å². The van der Waals surface area contributed by atoms with Gasteiger partial charge < -0.3 is 14.4 Å². The first-order valence-corrected chi connectivity index (χ1v) is 10.4. The van der Waals surface area contributed by atoms with E-state index in [2.05, 4.69) is 4.98 Å². The van der Waals surface area contributed by atoms with Crippen molar-refractivity contribution in [2.24, 2.45) is 0 Å². The molecule has 2 aromatic rings. The van der Waals surface area contributed by atoms with Crippen molar-refractivity contribution in [3.05, 3.63) is 54.4 Å². The average Bonchev–Trinajstić information content (AvgIpc) is 2.73. The van der Waals surface area contributed by atoms with Crippen LogP contribution < -0.4 is 4.74 Å². The molecule has 0 spiro atoms. The third-order valence-electron chi connectivity index (χ3n) is 4.96. The number of fused-ring (bicyclic) bond motifs is 2. The van der Waals surface area contributed by atoms with Crippen LogP contribution in [0.5, 0.6) is 5.75 Å². The zero-order valence-electron chi connectivity index (χ0n) is 15.4. The standard InChI is InChI=1S/C19H21N3O5S/c1-26-15-2-4-18(5-3-15)28(24,25)22-12-16-10-21(11-17(13-22)27-16)19(23)14-6-8-20-9-7-14/h2-9,16-17H,10-13H2,1H3. The fourth-order valence-corrected chi connectivity index (χ4v) is 5.09. The second-order valence-electron chi connectivity index (χ2n) is 6.82. The molecule has 2 saturated heterocycles. The van der Waals surface area contributed by atoms with Gasteiger partial charge in [-0.2, -0.15) is 4.31 Å². The van der Waals surface area contributed by atoms with E-state index in [1.807, 2.05) is 0 Å². The second-order valence-corrected chi connectivity index (χ2v) is 8.76. The number of hydrogen-bond acceptors (Lipinski definition) is 6. The van der Waals surface area contributed by atoms with Crippen LogP contribution in [0.2, 0.25) is 0 Å². The summed E-state index contributed by atoms with van der Waals surface area (Å²) in [6, 6.07) is 9.69. The number of hydrogen-bond donors (Lipinski definition) is 0. The van der Waals surface area contributed by atoms with Crippen LogP contribution in [0.4, 0.5) is 0 Å². The first-order chi connectivity index (χ1) is 13.5. The van der Waals surface area contributed by atoms with Crippen LogP contribution >= 0.6 is 0 Å². The number of benzene rings is 1. The Bertz CT molecular complexity index is 935. The van der Waals surface area contributed by atoms with E-state index in [0.29, 0.717) is 24.4 Å². The van der Waals surface area contributed by atoms with E-state index in [-0.39, 0.29) is 36.1 Å². The highest BCUT2D eigenvalue weighted by Crippen LogP contribution is 2.26. The molecule has 8 nitrogen and oxygen atoms in total. The molecule has 1 amide bonds. The lowest BCUT2D eigenvalue weighted by atomic mass is 10.1. The summed E-state index contributed by atoms with van der Waals surface area (Å²) in [5.41, 5.74) is 0.567. The second kappa shape index (κ2) is 7.50. The van der Waals surface area contributed by atoms with E-state index in [4.69, 9.17) is 9.47 Å². The van der Waals surface area contributed by atoms with Crippen molar-refractivity contribution in [3.63, 3.8) is 0 Å². The molecular formula is C19H21N3O5S. The zero-order chi connectivity index (χ0) is 19.7. The van der Waals surface area contributed by atoms with Gasteiger partial charge in [0.2, 0.25) is 10.0 Å². The molecule has 1 aromatic heterocycles. The molecule has 4 rings (SSSR count). The molecule has 2 aliphatic heterocycles. The smallest absolute Gasteiger partial charge is 0.254 e. The van der Waals surface area contributed by atoms with E-state index in [0.717, 1.165) is 0 Å². The van der Waals surface area contributed by atoms with E-state index in [1.165, 1.54) is 11.4 Å². The highest BCUT2D eigenvalue weighted by molar-refractivity contribution is 7.89. The van der Waals surface area contributed by atoms with Crippen LogP contribution in [-0.2, 0) is 14.8 Å². The topological polar surface area (TPSA) is 89.0 Å². The quantitative estimate of drug-likeness (QED) is 0.757. The van der Waals surface area contributed by atoms with Crippen LogP contribution in [0.3, 0.4) is 0 Å². The predicted molar refractivity (Wildman–Crippen MR) is 101 cm³/mol. The van der Waals surface area contributed by atoms with Gasteiger partial charge in [0.1, 0.15) is 5.75 Å². The highest BCUT2D eigenvalue weighted by atomic mass is 32.2. The molecule has 0 saturated carbocycles. The number of rotatable bonds is 4. The van der Waals surface area contributed by atoms with Crippen LogP contribution in [-0.4, -0.2) is 74.0 Å². The zero-order valence-corrected chi connectivity index (χ0v) is 16.2. The molecule has 2 atom stereocenters. The summed E-state index contributed by atoms with van der Waals surface area (Å²) in [7, 11) is -2.10. The minimum absolute atomic E-state index is 0.0906. The number of methoxy groups -OCH3 is 1. The van der Waals surface area contributed by atoms with Gasteiger partial charge in [0, 0.05) is 44.1 Å². The highest BCUT2D eigenvalue weighted by Gasteiger charge is 2.41. The summed E-state index contributed by atoms with van der Waals surface area (Å²) in [4.78, 5) is 18.6. The van der Waals surface area contributed by atoms with E-state index < -0.39 is 10.0 Å². The first kappa shape index (κ1) is 18.9. The van der Waals surface area contributed by atoms with Crippen LogP contribution in [0.15, 0.2) is 53.7 Å². The molecule has 2 bridgehead atoms. The molecule has 28 heavy (non-hydrogen) atoms. The molecule has 2 fully saturated rings. The van der Waals surface area contributed by atoms with Gasteiger partial charge in [0.05, 0.1) is 24.2 Å². The fourth-order valence-electron chi connectivity index (χ4n) is 3.59. The van der Waals surface area contributed by atoms with Crippen LogP contribution in [0, 0.1) is 0 Å². The number of amides is 1. The summed E-state index contributed by atoms with van der Waals surface area (Å²) in [5, 5.41) is 0. The Morgan fingerprint density at radius 3 is 2.21 bits per heavy atom. The van der Waals surface area contributed by atoms with E-state index in [1.54, 1.807) is 53.7 Å². The summed E-state index contributed by atoms with van der Waals surface area (Å²) in [6.07, 6.45) is 2.45. The normalized spacial score (nSPS) is 22.7. The van der Waals surface area contributed by atoms with E-state index in [9.17, 15) is 13.2 Å². The number of carbonyl (C=O) groups is 1. The third kappa shape index (κ3) is 3.60. The number of pyridine rings is 1. The fraction of sp³-hybridized carbons (Fsp3) is 0.368. The Morgan fingerprint density at radius 1 is 1.04 bits per heavy atom. The Kier molecular flexibility index (Phi) is 5.05. The van der Waals surface area contributed by atoms with Gasteiger partial charge >= 0.3 is 0 Å². The number of morpholine rings is 2. The summed E-state index contributed by atoms with van der Waals surface area (Å²) in [5.74, 6) is 0.509. The average molecular weight is 403 g/mol. The first-order valence-electron chi connectivity index (χ1n) is 8.96. The van der Waals surface area contributed by atoms with Gasteiger partial charge in [-0.25, -0.2) is 8.42 Å². The van der Waals surface area contributed by atoms with Gasteiger partial charge in [0.25, 0.3) is 5.91 Å². The SMILES string of the molecule is COc1ccc(S(=O)(=O)N2CC3CN(C(=O)c4ccncc4)CC(C2)O3)cc1. The van der Waals surface area contributed by atoms with Gasteiger partial charge in [-0.3, -0.25) is 9.78 Å². The molecule has 3 heterocycles. The number of carbonyl (C=O) groups excluding carboxylic acids is 1. The molecule has 2 aliphatic rings. The molecule has 2 unspecified atom stereocenters. The lowest BCUT2D eigenvalue weighted by Crippen LogP contribution is -2.61. The van der Waals surface area contributed by atoms with Crippen molar-refractivity contribution in [3.8, 4) is 5.75 Å². The molecular weight excluding hydrogens is 382 g/mol. The Labute approximate surface area is 163 Å². The third-order valence-corrected chi connectivity index (χ3v) is 6.81. The van der Waals surface area contributed by atoms with E-state index >= 15 is 0 Å². The van der Waals surface area contributed by atoms with Crippen LogP contribution in [0.1, 0.15) is 10.4 Å². The summed E-state index contributed by atoms with van der Waals surface area (Å²) >= 11 is 0. The molecule has 0 radical (unpaired) electrons. The minimum atomic E-state index is -3.63. The number of ether oxygens (including phenoxy) is 2. The lowest BCUT2D eigenvalue weighted by Gasteiger charge is -2.45. The van der Waals surface area contributed by atoms with Gasteiger partial charge in [-0.05, 0) is 36.4 Å². The summed E-state index contributed by atoms with van der Waals surface area (Å²) < 4.78 is 38.4. The maximum Gasteiger partial charge on any atom is 0.254 e. The largest absolute Gasteiger partial charge is 0.497 e. The maximum absolute atomic E-state index is 13.0. The van der Waals surface area contributed by atoms with Crippen molar-refractivity contribution < 1.29 is 22.7 Å². The molecule has 1 aromatic carbocycles. The van der Waals surface area contributed by atoms with Gasteiger partial charge in [0.15, 0.2) is 0 Å². The Balaban J connectivity index is 1.48. The molecule has 0 N–H and O–H groups in total. The number of sulfonamides is 1. The minimum Gasteiger partial charge on any atom is -0.497 e. The van der Waals surface area contributed by atoms with Crippen LogP contribution in [0.25, 0.3) is 0 Å². The maximum atomic E-state index is 13.0. The Morgan fingerprint density at radius 2 is 1.64 bits per heavy atom. The van der Waals surface area contributed by atoms with Gasteiger partial charge in [-0.15, -0.1) is 0 Å². The molecule has 148 valence electrons. The monoisotopic (exact) mass is 403 g/mol. The number of aromatic nitrogens is 1. The number of nitrogens with zero attached hydrogens (tertiary/aromatic N) is 3. The van der Waals surface area contributed by atoms with Crippen molar-refractivity contribution in [1.82, 2.24) is 14.2 Å². The molecule has 0 aliphatic carbocycles. The van der Waals surface area contributed by atoms with Gasteiger partial charge in [-0.1, -0.05) is 0 Å². The van der Waals surface area contributed by atoms with Crippen molar-refractivity contribution >= 4 is 15.9 Å². The molecule has 9 heteroatoms. The van der Waals surface area contributed by atoms with Crippen molar-refractivity contribution in [1.29, 1.82) is 0 Å². The lowest BCUT2D eigenvalue weighted by molar-refractivity contribution is -0.113. The Hall–Kier alpha value is -2.49. The summed E-state index contributed by atoms with van der Waals surface area (Å²) in [6.45, 7) is 1.13. The van der Waals surface area contributed by atoms with Crippen molar-refractivity contribution in [2.75, 3.05) is 33.3 Å². The predicted octanol–water partition coefficient (Wildman–Crippen LogP) is 1.00.